The molecule has 2 aromatic rings. The smallest absolute Gasteiger partial charge is 0.199 e. The van der Waals surface area contributed by atoms with Gasteiger partial charge in [-0.3, -0.25) is 0 Å². The van der Waals surface area contributed by atoms with E-state index in [1.807, 2.05) is 31.2 Å². The van der Waals surface area contributed by atoms with Gasteiger partial charge in [-0.25, -0.2) is 13.4 Å². The van der Waals surface area contributed by atoms with Crippen molar-refractivity contribution < 1.29 is 8.42 Å². The Labute approximate surface area is 101 Å². The predicted octanol–water partition coefficient (Wildman–Crippen LogP) is 2.36. The Kier molecular flexibility index (Phi) is 3.24. The van der Waals surface area contributed by atoms with Gasteiger partial charge >= 0.3 is 0 Å². The van der Waals surface area contributed by atoms with Crippen LogP contribution in [0.5, 0.6) is 0 Å². The number of aromatic nitrogens is 1. The molecule has 1 heterocycles. The summed E-state index contributed by atoms with van der Waals surface area (Å²) < 4.78 is 24.1. The average molecular weight is 247 g/mol. The first-order chi connectivity index (χ1) is 8.08. The summed E-state index contributed by atoms with van der Waals surface area (Å²) in [5.74, 6) is -0.00824. The van der Waals surface area contributed by atoms with E-state index >= 15 is 0 Å². The molecule has 1 aromatic heterocycles. The highest BCUT2D eigenvalue weighted by atomic mass is 32.2. The van der Waals surface area contributed by atoms with Gasteiger partial charge in [0.25, 0.3) is 0 Å². The summed E-state index contributed by atoms with van der Waals surface area (Å²) in [7, 11) is -3.34. The lowest BCUT2D eigenvalue weighted by Gasteiger charge is -2.04. The van der Waals surface area contributed by atoms with Crippen LogP contribution < -0.4 is 0 Å². The standard InChI is InChI=1S/C13H13NO2S/c1-11-5-4-6-12(9-11)10-17(15,16)13-7-2-3-8-14-13/h2-9H,10H2,1H3. The number of hydrogen-bond donors (Lipinski definition) is 0. The van der Waals surface area contributed by atoms with Crippen LogP contribution in [-0.2, 0) is 15.6 Å². The first-order valence-corrected chi connectivity index (χ1v) is 6.92. The van der Waals surface area contributed by atoms with Gasteiger partial charge < -0.3 is 0 Å². The molecule has 0 saturated carbocycles. The number of hydrogen-bond acceptors (Lipinski definition) is 3. The second kappa shape index (κ2) is 4.67. The highest BCUT2D eigenvalue weighted by Gasteiger charge is 2.16. The molecule has 88 valence electrons. The van der Waals surface area contributed by atoms with Gasteiger partial charge in [-0.05, 0) is 24.6 Å². The van der Waals surface area contributed by atoms with Crippen molar-refractivity contribution in [3.05, 3.63) is 59.8 Å². The van der Waals surface area contributed by atoms with Gasteiger partial charge in [0.2, 0.25) is 0 Å². The van der Waals surface area contributed by atoms with E-state index in [2.05, 4.69) is 4.98 Å². The molecule has 1 aromatic carbocycles. The maximum absolute atomic E-state index is 12.1. The third kappa shape index (κ3) is 2.91. The minimum atomic E-state index is -3.34. The zero-order valence-corrected chi connectivity index (χ0v) is 10.3. The lowest BCUT2D eigenvalue weighted by atomic mass is 10.2. The topological polar surface area (TPSA) is 47.0 Å². The van der Waals surface area contributed by atoms with Crippen LogP contribution in [0.25, 0.3) is 0 Å². The molecule has 0 bridgehead atoms. The van der Waals surface area contributed by atoms with Crippen molar-refractivity contribution in [2.45, 2.75) is 17.7 Å². The average Bonchev–Trinajstić information content (AvgIpc) is 2.29. The first kappa shape index (κ1) is 11.8. The monoisotopic (exact) mass is 247 g/mol. The highest BCUT2D eigenvalue weighted by molar-refractivity contribution is 7.90. The Morgan fingerprint density at radius 1 is 1.12 bits per heavy atom. The molecule has 0 aliphatic rings. The van der Waals surface area contributed by atoms with E-state index in [1.165, 1.54) is 12.3 Å². The fourth-order valence-electron chi connectivity index (χ4n) is 1.63. The summed E-state index contributed by atoms with van der Waals surface area (Å²) in [4.78, 5) is 3.88. The van der Waals surface area contributed by atoms with E-state index in [0.717, 1.165) is 11.1 Å². The lowest BCUT2D eigenvalue weighted by Crippen LogP contribution is -2.06. The normalized spacial score (nSPS) is 11.4. The quantitative estimate of drug-likeness (QED) is 0.836. The summed E-state index contributed by atoms with van der Waals surface area (Å²) in [6.45, 7) is 1.94. The molecule has 0 radical (unpaired) electrons. The van der Waals surface area contributed by atoms with Crippen molar-refractivity contribution in [1.29, 1.82) is 0 Å². The van der Waals surface area contributed by atoms with Crippen LogP contribution in [-0.4, -0.2) is 13.4 Å². The molecular weight excluding hydrogens is 234 g/mol. The van der Waals surface area contributed by atoms with Gasteiger partial charge in [0.1, 0.15) is 0 Å². The lowest BCUT2D eigenvalue weighted by molar-refractivity contribution is 0.591. The van der Waals surface area contributed by atoms with Crippen molar-refractivity contribution in [3.63, 3.8) is 0 Å². The Bertz CT molecular complexity index is 606. The van der Waals surface area contributed by atoms with Gasteiger partial charge in [0, 0.05) is 6.20 Å². The Balaban J connectivity index is 2.30. The van der Waals surface area contributed by atoms with Crippen LogP contribution in [0.4, 0.5) is 0 Å². The van der Waals surface area contributed by atoms with Gasteiger partial charge in [-0.1, -0.05) is 35.9 Å². The summed E-state index contributed by atoms with van der Waals surface area (Å²) in [6.07, 6.45) is 1.49. The molecule has 0 fully saturated rings. The molecule has 0 spiro atoms. The van der Waals surface area contributed by atoms with Crippen molar-refractivity contribution in [3.8, 4) is 0 Å². The predicted molar refractivity (Wildman–Crippen MR) is 66.3 cm³/mol. The van der Waals surface area contributed by atoms with Crippen molar-refractivity contribution in [2.75, 3.05) is 0 Å². The largest absolute Gasteiger partial charge is 0.245 e. The Morgan fingerprint density at radius 3 is 2.59 bits per heavy atom. The van der Waals surface area contributed by atoms with Crippen LogP contribution >= 0.6 is 0 Å². The Morgan fingerprint density at radius 2 is 1.94 bits per heavy atom. The molecule has 0 saturated heterocycles. The molecule has 3 nitrogen and oxygen atoms in total. The molecule has 0 aliphatic carbocycles. The maximum atomic E-state index is 12.1. The summed E-state index contributed by atoms with van der Waals surface area (Å²) in [5, 5.41) is 0.126. The van der Waals surface area contributed by atoms with Crippen LogP contribution in [0.3, 0.4) is 0 Å². The molecule has 17 heavy (non-hydrogen) atoms. The van der Waals surface area contributed by atoms with Crippen molar-refractivity contribution >= 4 is 9.84 Å². The summed E-state index contributed by atoms with van der Waals surface area (Å²) >= 11 is 0. The van der Waals surface area contributed by atoms with Gasteiger partial charge in [0.05, 0.1) is 5.75 Å². The fraction of sp³-hybridized carbons (Fsp3) is 0.154. The minimum Gasteiger partial charge on any atom is -0.245 e. The van der Waals surface area contributed by atoms with Gasteiger partial charge in [0.15, 0.2) is 14.9 Å². The third-order valence-electron chi connectivity index (χ3n) is 2.40. The number of aryl methyl sites for hydroxylation is 1. The zero-order chi connectivity index (χ0) is 12.3. The molecule has 2 rings (SSSR count). The zero-order valence-electron chi connectivity index (χ0n) is 9.50. The van der Waals surface area contributed by atoms with E-state index in [0.29, 0.717) is 0 Å². The van der Waals surface area contributed by atoms with E-state index < -0.39 is 9.84 Å². The van der Waals surface area contributed by atoms with Crippen LogP contribution in [0.15, 0.2) is 53.7 Å². The van der Waals surface area contributed by atoms with Crippen LogP contribution in [0.2, 0.25) is 0 Å². The summed E-state index contributed by atoms with van der Waals surface area (Å²) in [5.41, 5.74) is 1.84. The first-order valence-electron chi connectivity index (χ1n) is 5.27. The van der Waals surface area contributed by atoms with E-state index in [1.54, 1.807) is 12.1 Å². The Hall–Kier alpha value is -1.68. The molecular formula is C13H13NO2S. The van der Waals surface area contributed by atoms with Gasteiger partial charge in [-0.15, -0.1) is 0 Å². The molecule has 0 unspecified atom stereocenters. The molecule has 0 atom stereocenters. The maximum Gasteiger partial charge on any atom is 0.199 e. The SMILES string of the molecule is Cc1cccc(CS(=O)(=O)c2ccccn2)c1. The van der Waals surface area contributed by atoms with Crippen LogP contribution in [0.1, 0.15) is 11.1 Å². The molecule has 0 aliphatic heterocycles. The van der Waals surface area contributed by atoms with E-state index in [9.17, 15) is 8.42 Å². The number of pyridine rings is 1. The van der Waals surface area contributed by atoms with Crippen molar-refractivity contribution in [1.82, 2.24) is 4.98 Å². The number of benzene rings is 1. The van der Waals surface area contributed by atoms with Gasteiger partial charge in [-0.2, -0.15) is 0 Å². The summed E-state index contributed by atoms with van der Waals surface area (Å²) in [6, 6.07) is 12.4. The highest BCUT2D eigenvalue weighted by Crippen LogP contribution is 2.14. The molecule has 0 amide bonds. The third-order valence-corrected chi connectivity index (χ3v) is 3.99. The van der Waals surface area contributed by atoms with Crippen LogP contribution in [0, 0.1) is 6.92 Å². The number of nitrogens with zero attached hydrogens (tertiary/aromatic N) is 1. The fourth-order valence-corrected chi connectivity index (χ4v) is 2.90. The number of sulfone groups is 1. The van der Waals surface area contributed by atoms with Crippen molar-refractivity contribution in [2.24, 2.45) is 0 Å². The number of rotatable bonds is 3. The minimum absolute atomic E-state index is 0.00824. The van der Waals surface area contributed by atoms with E-state index in [4.69, 9.17) is 0 Å². The molecule has 0 N–H and O–H groups in total. The second-order valence-corrected chi connectivity index (χ2v) is 5.85. The van der Waals surface area contributed by atoms with E-state index in [-0.39, 0.29) is 10.8 Å². The molecule has 4 heteroatoms. The second-order valence-electron chi connectivity index (χ2n) is 3.92.